The van der Waals surface area contributed by atoms with Crippen LogP contribution in [-0.4, -0.2) is 16.1 Å². The van der Waals surface area contributed by atoms with Crippen molar-refractivity contribution in [2.75, 3.05) is 6.54 Å². The minimum atomic E-state index is -0.394. The molecular weight excluding hydrogens is 247 g/mol. The predicted molar refractivity (Wildman–Crippen MR) is 64.3 cm³/mol. The zero-order valence-corrected chi connectivity index (χ0v) is 11.0. The fourth-order valence-corrected chi connectivity index (χ4v) is 1.70. The monoisotopic (exact) mass is 260 g/mol. The van der Waals surface area contributed by atoms with Crippen LogP contribution < -0.4 is 5.32 Å². The Bertz CT molecular complexity index is 417. The van der Waals surface area contributed by atoms with Gasteiger partial charge in [0.05, 0.1) is 17.2 Å². The minimum absolute atomic E-state index is 0.362. The zero-order valence-electron chi connectivity index (χ0n) is 9.51. The van der Waals surface area contributed by atoms with Crippen LogP contribution in [0.4, 0.5) is 0 Å². The van der Waals surface area contributed by atoms with Crippen LogP contribution in [0.25, 0.3) is 0 Å². The molecule has 16 heavy (non-hydrogen) atoms. The Balaban J connectivity index is 2.60. The number of halogens is 2. The molecule has 1 aromatic rings. The van der Waals surface area contributed by atoms with Gasteiger partial charge in [-0.25, -0.2) is 4.98 Å². The van der Waals surface area contributed by atoms with Crippen molar-refractivity contribution in [1.82, 2.24) is 14.9 Å². The molecule has 1 aromatic heterocycles. The fraction of sp³-hybridized carbons (Fsp3) is 0.600. The van der Waals surface area contributed by atoms with Crippen LogP contribution in [-0.2, 0) is 13.6 Å². The SMILES string of the molecule is Cn1c(Cl)nc(Cl)c1CNCC(C)(C)C#N. The highest BCUT2D eigenvalue weighted by Crippen LogP contribution is 2.19. The lowest BCUT2D eigenvalue weighted by molar-refractivity contribution is 0.441. The van der Waals surface area contributed by atoms with Crippen LogP contribution in [0.5, 0.6) is 0 Å². The Kier molecular flexibility index (Phi) is 4.20. The molecule has 0 radical (unpaired) electrons. The van der Waals surface area contributed by atoms with Crippen molar-refractivity contribution in [2.45, 2.75) is 20.4 Å². The number of nitriles is 1. The van der Waals surface area contributed by atoms with Gasteiger partial charge in [-0.15, -0.1) is 0 Å². The first-order valence-electron chi connectivity index (χ1n) is 4.86. The van der Waals surface area contributed by atoms with Crippen molar-refractivity contribution in [3.63, 3.8) is 0 Å². The highest BCUT2D eigenvalue weighted by molar-refractivity contribution is 6.32. The van der Waals surface area contributed by atoms with E-state index >= 15 is 0 Å². The number of nitrogens with zero attached hydrogens (tertiary/aromatic N) is 3. The topological polar surface area (TPSA) is 53.6 Å². The molecule has 0 spiro atoms. The predicted octanol–water partition coefficient (Wildman–Crippen LogP) is 2.37. The summed E-state index contributed by atoms with van der Waals surface area (Å²) in [4.78, 5) is 3.93. The van der Waals surface area contributed by atoms with E-state index < -0.39 is 5.41 Å². The largest absolute Gasteiger partial charge is 0.319 e. The third-order valence-corrected chi connectivity index (χ3v) is 2.91. The molecule has 0 aromatic carbocycles. The minimum Gasteiger partial charge on any atom is -0.319 e. The highest BCUT2D eigenvalue weighted by atomic mass is 35.5. The van der Waals surface area contributed by atoms with Crippen LogP contribution in [0.2, 0.25) is 10.4 Å². The summed E-state index contributed by atoms with van der Waals surface area (Å²) < 4.78 is 1.72. The van der Waals surface area contributed by atoms with E-state index in [9.17, 15) is 0 Å². The molecule has 0 bridgehead atoms. The van der Waals surface area contributed by atoms with Gasteiger partial charge in [-0.3, -0.25) is 0 Å². The zero-order chi connectivity index (χ0) is 12.3. The first-order valence-corrected chi connectivity index (χ1v) is 5.61. The molecule has 0 aliphatic heterocycles. The maximum absolute atomic E-state index is 8.85. The molecule has 1 N–H and O–H groups in total. The summed E-state index contributed by atoms with van der Waals surface area (Å²) >= 11 is 11.7. The Morgan fingerprint density at radius 3 is 2.56 bits per heavy atom. The quantitative estimate of drug-likeness (QED) is 0.905. The van der Waals surface area contributed by atoms with E-state index in [4.69, 9.17) is 28.5 Å². The lowest BCUT2D eigenvalue weighted by Crippen LogP contribution is -2.28. The Labute approximate surface area is 105 Å². The normalized spacial score (nSPS) is 11.5. The second-order valence-electron chi connectivity index (χ2n) is 4.28. The molecule has 0 saturated heterocycles. The summed E-state index contributed by atoms with van der Waals surface area (Å²) in [5.74, 6) is 0. The third kappa shape index (κ3) is 3.11. The van der Waals surface area contributed by atoms with Gasteiger partial charge in [-0.2, -0.15) is 5.26 Å². The number of aromatic nitrogens is 2. The number of imidazole rings is 1. The van der Waals surface area contributed by atoms with E-state index in [0.29, 0.717) is 23.5 Å². The van der Waals surface area contributed by atoms with Gasteiger partial charge in [-0.1, -0.05) is 11.6 Å². The van der Waals surface area contributed by atoms with E-state index in [1.54, 1.807) is 11.6 Å². The lowest BCUT2D eigenvalue weighted by Gasteiger charge is -2.15. The Morgan fingerprint density at radius 1 is 1.50 bits per heavy atom. The molecule has 0 atom stereocenters. The molecule has 6 heteroatoms. The molecule has 0 aliphatic carbocycles. The molecule has 0 aliphatic rings. The molecule has 0 saturated carbocycles. The third-order valence-electron chi connectivity index (χ3n) is 2.27. The molecule has 88 valence electrons. The summed E-state index contributed by atoms with van der Waals surface area (Å²) in [6.07, 6.45) is 0. The smallest absolute Gasteiger partial charge is 0.204 e. The van der Waals surface area contributed by atoms with Crippen molar-refractivity contribution in [1.29, 1.82) is 5.26 Å². The Morgan fingerprint density at radius 2 is 2.12 bits per heavy atom. The molecule has 1 heterocycles. The van der Waals surface area contributed by atoms with Crippen LogP contribution in [0.1, 0.15) is 19.5 Å². The van der Waals surface area contributed by atoms with Crippen molar-refractivity contribution in [2.24, 2.45) is 12.5 Å². The summed E-state index contributed by atoms with van der Waals surface area (Å²) in [6, 6.07) is 2.22. The van der Waals surface area contributed by atoms with Gasteiger partial charge < -0.3 is 9.88 Å². The number of nitrogens with one attached hydrogen (secondary N) is 1. The van der Waals surface area contributed by atoms with Gasteiger partial charge in [0, 0.05) is 20.1 Å². The first kappa shape index (κ1) is 13.3. The number of hydrogen-bond acceptors (Lipinski definition) is 3. The molecule has 0 fully saturated rings. The van der Waals surface area contributed by atoms with E-state index in [2.05, 4.69) is 16.4 Å². The van der Waals surface area contributed by atoms with Gasteiger partial charge in [0.25, 0.3) is 0 Å². The van der Waals surface area contributed by atoms with Gasteiger partial charge in [0.2, 0.25) is 5.28 Å². The highest BCUT2D eigenvalue weighted by Gasteiger charge is 2.17. The molecular formula is C10H14Cl2N4. The summed E-state index contributed by atoms with van der Waals surface area (Å²) in [6.45, 7) is 4.87. The van der Waals surface area contributed by atoms with E-state index in [1.165, 1.54) is 0 Å². The second-order valence-corrected chi connectivity index (χ2v) is 4.97. The molecule has 4 nitrogen and oxygen atoms in total. The standard InChI is InChI=1S/C10H14Cl2N4/c1-10(2,5-13)6-14-4-7-8(11)15-9(12)16(7)3/h14H,4,6H2,1-3H3. The summed E-state index contributed by atoms with van der Waals surface area (Å²) in [7, 11) is 1.80. The van der Waals surface area contributed by atoms with Gasteiger partial charge >= 0.3 is 0 Å². The summed E-state index contributed by atoms with van der Waals surface area (Å²) in [5, 5.41) is 12.8. The lowest BCUT2D eigenvalue weighted by atomic mass is 9.96. The van der Waals surface area contributed by atoms with Crippen molar-refractivity contribution in [3.8, 4) is 6.07 Å². The van der Waals surface area contributed by atoms with Gasteiger partial charge in [0.15, 0.2) is 5.15 Å². The molecule has 0 amide bonds. The average molecular weight is 261 g/mol. The Hall–Kier alpha value is -0.760. The van der Waals surface area contributed by atoms with Gasteiger partial charge in [-0.05, 0) is 25.4 Å². The average Bonchev–Trinajstić information content (AvgIpc) is 2.44. The van der Waals surface area contributed by atoms with Crippen molar-refractivity contribution in [3.05, 3.63) is 16.1 Å². The first-order chi connectivity index (χ1) is 7.37. The van der Waals surface area contributed by atoms with Crippen molar-refractivity contribution >= 4 is 23.2 Å². The number of rotatable bonds is 4. The van der Waals surface area contributed by atoms with Crippen LogP contribution in [0.3, 0.4) is 0 Å². The maximum Gasteiger partial charge on any atom is 0.204 e. The number of hydrogen-bond donors (Lipinski definition) is 1. The summed E-state index contributed by atoms with van der Waals surface area (Å²) in [5.41, 5.74) is 0.426. The molecule has 0 unspecified atom stereocenters. The van der Waals surface area contributed by atoms with E-state index in [1.807, 2.05) is 13.8 Å². The van der Waals surface area contributed by atoms with Crippen LogP contribution >= 0.6 is 23.2 Å². The van der Waals surface area contributed by atoms with E-state index in [0.717, 1.165) is 5.69 Å². The van der Waals surface area contributed by atoms with E-state index in [-0.39, 0.29) is 0 Å². The van der Waals surface area contributed by atoms with Crippen LogP contribution in [0.15, 0.2) is 0 Å². The van der Waals surface area contributed by atoms with Crippen molar-refractivity contribution < 1.29 is 0 Å². The fourth-order valence-electron chi connectivity index (χ4n) is 1.19. The van der Waals surface area contributed by atoms with Gasteiger partial charge in [0.1, 0.15) is 0 Å². The maximum atomic E-state index is 8.85. The van der Waals surface area contributed by atoms with Crippen LogP contribution in [0, 0.1) is 16.7 Å². The molecule has 1 rings (SSSR count). The second kappa shape index (κ2) is 5.05.